The third-order valence-corrected chi connectivity index (χ3v) is 2.12. The summed E-state index contributed by atoms with van der Waals surface area (Å²) < 4.78 is 25.6. The van der Waals surface area contributed by atoms with Crippen LogP contribution in [0.15, 0.2) is 42.7 Å². The summed E-state index contributed by atoms with van der Waals surface area (Å²) in [5.41, 5.74) is 0.593. The van der Waals surface area contributed by atoms with Crippen molar-refractivity contribution < 1.29 is 13.6 Å². The number of rotatable bonds is 2. The van der Waals surface area contributed by atoms with E-state index in [0.29, 0.717) is 5.56 Å². The van der Waals surface area contributed by atoms with Gasteiger partial charge in [0, 0.05) is 29.7 Å². The van der Waals surface area contributed by atoms with E-state index in [1.807, 2.05) is 0 Å². The second-order valence-corrected chi connectivity index (χ2v) is 3.32. The second-order valence-electron chi connectivity index (χ2n) is 3.32. The molecule has 1 aromatic heterocycles. The summed E-state index contributed by atoms with van der Waals surface area (Å²) in [5.74, 6) is -2.36. The van der Waals surface area contributed by atoms with Crippen molar-refractivity contribution >= 4 is 24.0 Å². The number of halogens is 3. The molecule has 1 heterocycles. The number of hydrogen-bond donors (Lipinski definition) is 1. The van der Waals surface area contributed by atoms with Gasteiger partial charge < -0.3 is 5.32 Å². The highest BCUT2D eigenvalue weighted by atomic mass is 35.5. The van der Waals surface area contributed by atoms with Gasteiger partial charge in [-0.3, -0.25) is 9.78 Å². The third-order valence-electron chi connectivity index (χ3n) is 2.12. The van der Waals surface area contributed by atoms with Crippen LogP contribution in [0.25, 0.3) is 0 Å². The number of pyridine rings is 1. The lowest BCUT2D eigenvalue weighted by Gasteiger charge is -2.05. The van der Waals surface area contributed by atoms with E-state index in [1.165, 1.54) is 30.6 Å². The van der Waals surface area contributed by atoms with Crippen LogP contribution in [0.5, 0.6) is 0 Å². The van der Waals surface area contributed by atoms with Crippen molar-refractivity contribution in [1.82, 2.24) is 4.98 Å². The molecule has 0 aliphatic carbocycles. The van der Waals surface area contributed by atoms with Gasteiger partial charge in [-0.25, -0.2) is 8.78 Å². The van der Waals surface area contributed by atoms with Gasteiger partial charge in [0.1, 0.15) is 0 Å². The van der Waals surface area contributed by atoms with Gasteiger partial charge in [0.2, 0.25) is 0 Å². The third kappa shape index (κ3) is 3.24. The average Bonchev–Trinajstić information content (AvgIpc) is 2.35. The lowest BCUT2D eigenvalue weighted by molar-refractivity contribution is 0.102. The minimum absolute atomic E-state index is 0. The van der Waals surface area contributed by atoms with Crippen LogP contribution in [-0.4, -0.2) is 10.9 Å². The molecule has 0 bridgehead atoms. The van der Waals surface area contributed by atoms with E-state index in [9.17, 15) is 13.6 Å². The van der Waals surface area contributed by atoms with Crippen molar-refractivity contribution in [3.63, 3.8) is 0 Å². The molecule has 0 radical (unpaired) electrons. The van der Waals surface area contributed by atoms with Crippen LogP contribution in [-0.2, 0) is 0 Å². The SMILES string of the molecule is Cl.O=C(Nc1ccc(F)c(F)c1)c1ccncc1. The van der Waals surface area contributed by atoms with E-state index in [0.717, 1.165) is 12.1 Å². The molecule has 1 aromatic carbocycles. The van der Waals surface area contributed by atoms with Crippen LogP contribution in [0.2, 0.25) is 0 Å². The number of hydrogen-bond acceptors (Lipinski definition) is 2. The van der Waals surface area contributed by atoms with Gasteiger partial charge in [0.05, 0.1) is 0 Å². The summed E-state index contributed by atoms with van der Waals surface area (Å²) in [6.45, 7) is 0. The zero-order chi connectivity index (χ0) is 12.3. The fourth-order valence-electron chi connectivity index (χ4n) is 1.28. The van der Waals surface area contributed by atoms with Crippen LogP contribution in [0.4, 0.5) is 14.5 Å². The number of benzene rings is 1. The summed E-state index contributed by atoms with van der Waals surface area (Å²) >= 11 is 0. The number of aromatic nitrogens is 1. The molecule has 2 aromatic rings. The van der Waals surface area contributed by atoms with Crippen LogP contribution in [0.3, 0.4) is 0 Å². The van der Waals surface area contributed by atoms with Gasteiger partial charge in [-0.15, -0.1) is 12.4 Å². The zero-order valence-electron chi connectivity index (χ0n) is 9.06. The van der Waals surface area contributed by atoms with Crippen LogP contribution < -0.4 is 5.32 Å². The first-order chi connectivity index (χ1) is 8.16. The topological polar surface area (TPSA) is 42.0 Å². The summed E-state index contributed by atoms with van der Waals surface area (Å²) in [7, 11) is 0. The van der Waals surface area contributed by atoms with E-state index in [-0.39, 0.29) is 18.1 Å². The number of nitrogens with one attached hydrogen (secondary N) is 1. The maximum Gasteiger partial charge on any atom is 0.255 e. The highest BCUT2D eigenvalue weighted by Crippen LogP contribution is 2.14. The Labute approximate surface area is 108 Å². The van der Waals surface area contributed by atoms with Gasteiger partial charge in [-0.2, -0.15) is 0 Å². The van der Waals surface area contributed by atoms with E-state index >= 15 is 0 Å². The van der Waals surface area contributed by atoms with Crippen LogP contribution >= 0.6 is 12.4 Å². The molecule has 6 heteroatoms. The molecule has 18 heavy (non-hydrogen) atoms. The maximum absolute atomic E-state index is 12.9. The normalized spacial score (nSPS) is 9.44. The Morgan fingerprint density at radius 1 is 1.06 bits per heavy atom. The van der Waals surface area contributed by atoms with Crippen molar-refractivity contribution in [1.29, 1.82) is 0 Å². The summed E-state index contributed by atoms with van der Waals surface area (Å²) in [6, 6.07) is 6.22. The largest absolute Gasteiger partial charge is 0.322 e. The monoisotopic (exact) mass is 270 g/mol. The Morgan fingerprint density at radius 2 is 1.72 bits per heavy atom. The molecule has 0 atom stereocenters. The average molecular weight is 271 g/mol. The molecule has 0 spiro atoms. The summed E-state index contributed by atoms with van der Waals surface area (Å²) in [6.07, 6.45) is 2.94. The van der Waals surface area contributed by atoms with Gasteiger partial charge in [0.15, 0.2) is 11.6 Å². The summed E-state index contributed by atoms with van der Waals surface area (Å²) in [4.78, 5) is 15.4. The summed E-state index contributed by atoms with van der Waals surface area (Å²) in [5, 5.41) is 2.45. The van der Waals surface area contributed by atoms with Gasteiger partial charge in [0.25, 0.3) is 5.91 Å². The number of carbonyl (C=O) groups is 1. The molecular weight excluding hydrogens is 262 g/mol. The van der Waals surface area contributed by atoms with Crippen molar-refractivity contribution in [2.24, 2.45) is 0 Å². The van der Waals surface area contributed by atoms with Crippen molar-refractivity contribution in [2.45, 2.75) is 0 Å². The van der Waals surface area contributed by atoms with Gasteiger partial charge in [-0.1, -0.05) is 0 Å². The molecule has 0 aliphatic rings. The van der Waals surface area contributed by atoms with Crippen LogP contribution in [0, 0.1) is 11.6 Å². The molecule has 0 fully saturated rings. The molecule has 0 aliphatic heterocycles. The minimum Gasteiger partial charge on any atom is -0.322 e. The minimum atomic E-state index is -1.00. The van der Waals surface area contributed by atoms with Gasteiger partial charge in [-0.05, 0) is 24.3 Å². The second kappa shape index (κ2) is 6.07. The first kappa shape index (κ1) is 14.1. The van der Waals surface area contributed by atoms with E-state index in [2.05, 4.69) is 10.3 Å². The Morgan fingerprint density at radius 3 is 2.33 bits per heavy atom. The molecule has 2 rings (SSSR count). The van der Waals surface area contributed by atoms with E-state index in [1.54, 1.807) is 0 Å². The van der Waals surface area contributed by atoms with Gasteiger partial charge >= 0.3 is 0 Å². The zero-order valence-corrected chi connectivity index (χ0v) is 9.88. The Bertz CT molecular complexity index is 549. The fraction of sp³-hybridized carbons (Fsp3) is 0. The first-order valence-electron chi connectivity index (χ1n) is 4.83. The van der Waals surface area contributed by atoms with E-state index < -0.39 is 17.5 Å². The number of amides is 1. The van der Waals surface area contributed by atoms with E-state index in [4.69, 9.17) is 0 Å². The quantitative estimate of drug-likeness (QED) is 0.911. The molecule has 94 valence electrons. The highest BCUT2D eigenvalue weighted by molar-refractivity contribution is 6.04. The standard InChI is InChI=1S/C12H8F2N2O.ClH/c13-10-2-1-9(7-11(10)14)16-12(17)8-3-5-15-6-4-8;/h1-7H,(H,16,17);1H. The number of carbonyl (C=O) groups excluding carboxylic acids is 1. The van der Waals surface area contributed by atoms with Crippen LogP contribution in [0.1, 0.15) is 10.4 Å². The highest BCUT2D eigenvalue weighted by Gasteiger charge is 2.07. The maximum atomic E-state index is 12.9. The molecular formula is C12H9ClF2N2O. The lowest BCUT2D eigenvalue weighted by atomic mass is 10.2. The Kier molecular flexibility index (Phi) is 4.74. The Hall–Kier alpha value is -2.01. The molecule has 0 saturated heterocycles. The molecule has 1 N–H and O–H groups in total. The lowest BCUT2D eigenvalue weighted by Crippen LogP contribution is -2.12. The molecule has 3 nitrogen and oxygen atoms in total. The van der Waals surface area contributed by atoms with Crippen molar-refractivity contribution in [3.05, 3.63) is 59.9 Å². The predicted octanol–water partition coefficient (Wildman–Crippen LogP) is 3.03. The van der Waals surface area contributed by atoms with Crippen molar-refractivity contribution in [2.75, 3.05) is 5.32 Å². The smallest absolute Gasteiger partial charge is 0.255 e. The molecule has 0 unspecified atom stereocenters. The molecule has 1 amide bonds. The predicted molar refractivity (Wildman–Crippen MR) is 65.8 cm³/mol. The van der Waals surface area contributed by atoms with Crippen molar-refractivity contribution in [3.8, 4) is 0 Å². The number of nitrogens with zero attached hydrogens (tertiary/aromatic N) is 1. The number of anilines is 1. The first-order valence-corrected chi connectivity index (χ1v) is 4.83. The molecule has 0 saturated carbocycles. The Balaban J connectivity index is 0.00000162. The fourth-order valence-corrected chi connectivity index (χ4v) is 1.28.